The fourth-order valence-electron chi connectivity index (χ4n) is 2.61. The smallest absolute Gasteiger partial charge is 0.259 e. The summed E-state index contributed by atoms with van der Waals surface area (Å²) in [5, 5.41) is 11.2. The molecule has 1 aromatic rings. The summed E-state index contributed by atoms with van der Waals surface area (Å²) in [7, 11) is 0. The molecule has 0 radical (unpaired) electrons. The molecule has 112 valence electrons. The Kier molecular flexibility index (Phi) is 3.85. The van der Waals surface area contributed by atoms with E-state index in [9.17, 15) is 23.3 Å². The Morgan fingerprint density at radius 1 is 1.29 bits per heavy atom. The summed E-state index contributed by atoms with van der Waals surface area (Å²) in [5.41, 5.74) is -0.440. The molecule has 1 atom stereocenters. The molecule has 0 bridgehead atoms. The normalized spacial score (nSPS) is 19.5. The Bertz CT molecular complexity index is 648. The number of nitrogens with zero attached hydrogens (tertiary/aromatic N) is 2. The van der Waals surface area contributed by atoms with Crippen LogP contribution in [0.25, 0.3) is 0 Å². The van der Waals surface area contributed by atoms with Crippen LogP contribution in [0, 0.1) is 10.1 Å². The number of halogens is 3. The maximum Gasteiger partial charge on any atom is 0.416 e. The van der Waals surface area contributed by atoms with Crippen molar-refractivity contribution in [3.63, 3.8) is 0 Å². The van der Waals surface area contributed by atoms with Crippen LogP contribution in [0.15, 0.2) is 40.7 Å². The first-order valence-corrected chi connectivity index (χ1v) is 6.27. The van der Waals surface area contributed by atoms with E-state index in [0.717, 1.165) is 6.07 Å². The zero-order chi connectivity index (χ0) is 15.8. The molecule has 0 aromatic heterocycles. The molecule has 1 aliphatic heterocycles. The van der Waals surface area contributed by atoms with E-state index in [0.29, 0.717) is 5.71 Å². The Morgan fingerprint density at radius 3 is 2.48 bits per heavy atom. The van der Waals surface area contributed by atoms with Gasteiger partial charge in [-0.05, 0) is 25.5 Å². The van der Waals surface area contributed by atoms with E-state index in [1.807, 2.05) is 0 Å². The van der Waals surface area contributed by atoms with Crippen LogP contribution in [0.1, 0.15) is 37.3 Å². The maximum absolute atomic E-state index is 13.1. The topological polar surface area (TPSA) is 55.5 Å². The van der Waals surface area contributed by atoms with Crippen LogP contribution in [0.2, 0.25) is 0 Å². The molecule has 0 saturated carbocycles. The minimum Gasteiger partial charge on any atom is -0.259 e. The average Bonchev–Trinajstić information content (AvgIpc) is 2.36. The van der Waals surface area contributed by atoms with E-state index in [-0.39, 0.29) is 23.4 Å². The molecule has 1 heterocycles. The first-order valence-electron chi connectivity index (χ1n) is 6.27. The number of hydrogen-bond donors (Lipinski definition) is 0. The van der Waals surface area contributed by atoms with E-state index in [1.165, 1.54) is 25.1 Å². The van der Waals surface area contributed by atoms with Gasteiger partial charge in [0.2, 0.25) is 0 Å². The van der Waals surface area contributed by atoms with Crippen LogP contribution in [0.4, 0.5) is 13.2 Å². The Hall–Kier alpha value is -2.18. The predicted molar refractivity (Wildman–Crippen MR) is 71.6 cm³/mol. The lowest BCUT2D eigenvalue weighted by molar-refractivity contribution is -0.431. The lowest BCUT2D eigenvalue weighted by Gasteiger charge is -2.23. The summed E-state index contributed by atoms with van der Waals surface area (Å²) >= 11 is 0. The fourth-order valence-corrected chi connectivity index (χ4v) is 2.61. The van der Waals surface area contributed by atoms with Crippen molar-refractivity contribution < 1.29 is 18.1 Å². The van der Waals surface area contributed by atoms with Crippen LogP contribution < -0.4 is 0 Å². The van der Waals surface area contributed by atoms with Gasteiger partial charge in [-0.2, -0.15) is 13.2 Å². The molecule has 2 rings (SSSR count). The van der Waals surface area contributed by atoms with Crippen LogP contribution in [0.5, 0.6) is 0 Å². The van der Waals surface area contributed by atoms with Gasteiger partial charge >= 0.3 is 6.18 Å². The molecule has 0 saturated heterocycles. The summed E-state index contributed by atoms with van der Waals surface area (Å²) in [5.74, 6) is -0.935. The highest BCUT2D eigenvalue weighted by Crippen LogP contribution is 2.41. The zero-order valence-electron chi connectivity index (χ0n) is 11.4. The minimum absolute atomic E-state index is 0.0784. The van der Waals surface area contributed by atoms with Crippen LogP contribution in [-0.2, 0) is 6.18 Å². The molecule has 0 spiro atoms. The third-order valence-electron chi connectivity index (χ3n) is 3.40. The van der Waals surface area contributed by atoms with Gasteiger partial charge in [-0.15, -0.1) is 0 Å². The highest BCUT2D eigenvalue weighted by molar-refractivity contribution is 5.85. The van der Waals surface area contributed by atoms with Crippen LogP contribution >= 0.6 is 0 Å². The second kappa shape index (κ2) is 5.31. The van der Waals surface area contributed by atoms with E-state index in [1.54, 1.807) is 6.92 Å². The van der Waals surface area contributed by atoms with Crippen molar-refractivity contribution in [3.8, 4) is 0 Å². The molecule has 7 heteroatoms. The summed E-state index contributed by atoms with van der Waals surface area (Å²) in [4.78, 5) is 14.6. The summed E-state index contributed by atoms with van der Waals surface area (Å²) in [6, 6.07) is 4.98. The molecule has 0 aliphatic carbocycles. The summed E-state index contributed by atoms with van der Waals surface area (Å²) in [6.45, 7) is 3.10. The number of benzene rings is 1. The third kappa shape index (κ3) is 2.96. The molecular formula is C14H13F3N2O2. The molecule has 21 heavy (non-hydrogen) atoms. The van der Waals surface area contributed by atoms with Gasteiger partial charge in [-0.3, -0.25) is 15.1 Å². The van der Waals surface area contributed by atoms with Crippen LogP contribution in [-0.4, -0.2) is 10.6 Å². The van der Waals surface area contributed by atoms with E-state index < -0.39 is 22.6 Å². The van der Waals surface area contributed by atoms with Gasteiger partial charge in [0.05, 0.1) is 16.4 Å². The van der Waals surface area contributed by atoms with Gasteiger partial charge in [0, 0.05) is 12.1 Å². The summed E-state index contributed by atoms with van der Waals surface area (Å²) < 4.78 is 39.3. The molecule has 4 nitrogen and oxygen atoms in total. The molecule has 0 amide bonds. The highest BCUT2D eigenvalue weighted by Gasteiger charge is 2.40. The predicted octanol–water partition coefficient (Wildman–Crippen LogP) is 4.16. The van der Waals surface area contributed by atoms with Crippen molar-refractivity contribution in [2.45, 2.75) is 32.4 Å². The molecule has 0 fully saturated rings. The van der Waals surface area contributed by atoms with E-state index in [2.05, 4.69) is 4.99 Å². The van der Waals surface area contributed by atoms with Gasteiger partial charge in [0.25, 0.3) is 5.70 Å². The van der Waals surface area contributed by atoms with Crippen molar-refractivity contribution in [3.05, 3.63) is 56.9 Å². The van der Waals surface area contributed by atoms with Crippen molar-refractivity contribution in [2.24, 2.45) is 4.99 Å². The highest BCUT2D eigenvalue weighted by atomic mass is 19.4. The largest absolute Gasteiger partial charge is 0.416 e. The third-order valence-corrected chi connectivity index (χ3v) is 3.40. The van der Waals surface area contributed by atoms with Gasteiger partial charge in [0.15, 0.2) is 0 Å². The van der Waals surface area contributed by atoms with Crippen molar-refractivity contribution in [1.29, 1.82) is 0 Å². The van der Waals surface area contributed by atoms with Crippen LogP contribution in [0.3, 0.4) is 0 Å². The number of rotatable bonds is 2. The SMILES string of the molecule is CC1=NC(C)=C([N+](=O)[O-])C(c2ccccc2C(F)(F)F)C1. The van der Waals surface area contributed by atoms with Gasteiger partial charge in [0.1, 0.15) is 5.70 Å². The maximum atomic E-state index is 13.1. The molecule has 1 unspecified atom stereocenters. The number of nitro groups is 1. The van der Waals surface area contributed by atoms with Crippen molar-refractivity contribution >= 4 is 5.71 Å². The first kappa shape index (κ1) is 15.2. The van der Waals surface area contributed by atoms with Gasteiger partial charge in [-0.1, -0.05) is 18.2 Å². The summed E-state index contributed by atoms with van der Waals surface area (Å²) in [6.07, 6.45) is -4.44. The molecular weight excluding hydrogens is 285 g/mol. The van der Waals surface area contributed by atoms with E-state index in [4.69, 9.17) is 0 Å². The monoisotopic (exact) mass is 298 g/mol. The number of alkyl halides is 3. The second-order valence-electron chi connectivity index (χ2n) is 4.92. The van der Waals surface area contributed by atoms with Crippen molar-refractivity contribution in [2.75, 3.05) is 0 Å². The van der Waals surface area contributed by atoms with Crippen molar-refractivity contribution in [1.82, 2.24) is 0 Å². The van der Waals surface area contributed by atoms with E-state index >= 15 is 0 Å². The Morgan fingerprint density at radius 2 is 1.90 bits per heavy atom. The lowest BCUT2D eigenvalue weighted by atomic mass is 9.85. The zero-order valence-corrected chi connectivity index (χ0v) is 11.4. The fraction of sp³-hybridized carbons (Fsp3) is 0.357. The number of hydrogen-bond acceptors (Lipinski definition) is 3. The standard InChI is InChI=1S/C14H13F3N2O2/c1-8-7-11(13(19(20)21)9(2)18-8)10-5-3-4-6-12(10)14(15,16)17/h3-6,11H,7H2,1-2H3. The second-order valence-corrected chi connectivity index (χ2v) is 4.92. The van der Waals surface area contributed by atoms with Gasteiger partial charge in [-0.25, -0.2) is 0 Å². The molecule has 1 aliphatic rings. The molecule has 1 aromatic carbocycles. The number of aliphatic imine (C=N–C) groups is 1. The minimum atomic E-state index is -4.55. The Labute approximate surface area is 119 Å². The number of allylic oxidation sites excluding steroid dienone is 2. The average molecular weight is 298 g/mol. The first-order chi connectivity index (χ1) is 9.71. The quantitative estimate of drug-likeness (QED) is 0.608. The van der Waals surface area contributed by atoms with Gasteiger partial charge < -0.3 is 0 Å². The Balaban J connectivity index is 2.62. The lowest BCUT2D eigenvalue weighted by Crippen LogP contribution is -2.22. The molecule has 0 N–H and O–H groups in total.